The molecule has 0 amide bonds. The molecule has 1 aromatic heterocycles. The van der Waals surface area contributed by atoms with Gasteiger partial charge in [0, 0.05) is 0 Å². The number of carbonyl (C=O) groups is 2. The standard InChI is InChI=1S/C14H15N3O5/c1-7(2)12-11(6-18)15-16-17(12)10-4-8(13(19)20)3-9(5-10)14(21)22/h3-5,7,18H,6H2,1-2H3,(H,19,20)(H,21,22). The van der Waals surface area contributed by atoms with Crippen LogP contribution in [0, 0.1) is 0 Å². The van der Waals surface area contributed by atoms with Crippen molar-refractivity contribution in [3.63, 3.8) is 0 Å². The fraction of sp³-hybridized carbons (Fsp3) is 0.286. The number of aromatic carboxylic acids is 2. The zero-order valence-electron chi connectivity index (χ0n) is 12.0. The number of rotatable bonds is 5. The fourth-order valence-electron chi connectivity index (χ4n) is 2.18. The Morgan fingerprint density at radius 2 is 1.68 bits per heavy atom. The summed E-state index contributed by atoms with van der Waals surface area (Å²) in [4.78, 5) is 22.3. The Balaban J connectivity index is 2.69. The van der Waals surface area contributed by atoms with Gasteiger partial charge >= 0.3 is 11.9 Å². The molecule has 1 aromatic carbocycles. The minimum Gasteiger partial charge on any atom is -0.478 e. The lowest BCUT2D eigenvalue weighted by Crippen LogP contribution is -2.09. The van der Waals surface area contributed by atoms with Gasteiger partial charge in [0.05, 0.1) is 29.1 Å². The van der Waals surface area contributed by atoms with Crippen LogP contribution in [0.4, 0.5) is 0 Å². The van der Waals surface area contributed by atoms with E-state index in [1.54, 1.807) is 0 Å². The van der Waals surface area contributed by atoms with Gasteiger partial charge in [0.25, 0.3) is 0 Å². The van der Waals surface area contributed by atoms with E-state index in [1.165, 1.54) is 16.8 Å². The molecule has 0 aliphatic heterocycles. The highest BCUT2D eigenvalue weighted by Crippen LogP contribution is 2.23. The summed E-state index contributed by atoms with van der Waals surface area (Å²) in [5.41, 5.74) is 0.915. The van der Waals surface area contributed by atoms with E-state index in [2.05, 4.69) is 10.3 Å². The number of aliphatic hydroxyl groups excluding tert-OH is 1. The zero-order chi connectivity index (χ0) is 16.4. The number of carboxylic acid groups (broad SMARTS) is 2. The third kappa shape index (κ3) is 2.82. The third-order valence-electron chi connectivity index (χ3n) is 3.13. The first-order valence-corrected chi connectivity index (χ1v) is 6.52. The fourth-order valence-corrected chi connectivity index (χ4v) is 2.18. The van der Waals surface area contributed by atoms with E-state index >= 15 is 0 Å². The Kier molecular flexibility index (Phi) is 4.22. The van der Waals surface area contributed by atoms with Crippen LogP contribution in [0.5, 0.6) is 0 Å². The number of carboxylic acids is 2. The van der Waals surface area contributed by atoms with E-state index in [9.17, 15) is 14.7 Å². The lowest BCUT2D eigenvalue weighted by Gasteiger charge is -2.11. The Labute approximate surface area is 125 Å². The number of aliphatic hydroxyl groups is 1. The Bertz CT molecular complexity index is 704. The molecule has 0 atom stereocenters. The van der Waals surface area contributed by atoms with Crippen LogP contribution in [-0.4, -0.2) is 42.3 Å². The molecule has 0 fully saturated rings. The minimum atomic E-state index is -1.24. The van der Waals surface area contributed by atoms with Crippen molar-refractivity contribution < 1.29 is 24.9 Å². The largest absolute Gasteiger partial charge is 0.478 e. The molecular formula is C14H15N3O5. The maximum atomic E-state index is 11.2. The maximum absolute atomic E-state index is 11.2. The van der Waals surface area contributed by atoms with E-state index in [1.807, 2.05) is 13.8 Å². The topological polar surface area (TPSA) is 126 Å². The van der Waals surface area contributed by atoms with Gasteiger partial charge in [-0.05, 0) is 24.1 Å². The number of hydrogen-bond acceptors (Lipinski definition) is 5. The highest BCUT2D eigenvalue weighted by molar-refractivity contribution is 5.94. The van der Waals surface area contributed by atoms with Crippen LogP contribution < -0.4 is 0 Å². The summed E-state index contributed by atoms with van der Waals surface area (Å²) in [5, 5.41) is 35.3. The van der Waals surface area contributed by atoms with Crippen molar-refractivity contribution >= 4 is 11.9 Å². The van der Waals surface area contributed by atoms with Gasteiger partial charge in [0.15, 0.2) is 0 Å². The van der Waals surface area contributed by atoms with Gasteiger partial charge in [-0.25, -0.2) is 14.3 Å². The summed E-state index contributed by atoms with van der Waals surface area (Å²) in [6, 6.07) is 3.71. The van der Waals surface area contributed by atoms with Gasteiger partial charge in [-0.15, -0.1) is 5.10 Å². The van der Waals surface area contributed by atoms with Crippen LogP contribution in [0.2, 0.25) is 0 Å². The average Bonchev–Trinajstić information content (AvgIpc) is 2.90. The molecular weight excluding hydrogens is 290 g/mol. The molecule has 8 heteroatoms. The van der Waals surface area contributed by atoms with Crippen molar-refractivity contribution in [1.29, 1.82) is 0 Å². The maximum Gasteiger partial charge on any atom is 0.335 e. The van der Waals surface area contributed by atoms with Crippen molar-refractivity contribution in [1.82, 2.24) is 15.0 Å². The summed E-state index contributed by atoms with van der Waals surface area (Å²) in [6.07, 6.45) is 0. The summed E-state index contributed by atoms with van der Waals surface area (Å²) >= 11 is 0. The van der Waals surface area contributed by atoms with E-state index in [-0.39, 0.29) is 29.3 Å². The second-order valence-electron chi connectivity index (χ2n) is 5.02. The molecule has 0 bridgehead atoms. The Hall–Kier alpha value is -2.74. The molecule has 3 N–H and O–H groups in total. The van der Waals surface area contributed by atoms with Gasteiger partial charge in [-0.2, -0.15) is 0 Å². The van der Waals surface area contributed by atoms with Gasteiger partial charge in [0.2, 0.25) is 0 Å². The van der Waals surface area contributed by atoms with Crippen LogP contribution in [-0.2, 0) is 6.61 Å². The highest BCUT2D eigenvalue weighted by Gasteiger charge is 2.19. The molecule has 0 spiro atoms. The zero-order valence-corrected chi connectivity index (χ0v) is 12.0. The molecule has 2 aromatic rings. The average molecular weight is 305 g/mol. The summed E-state index contributed by atoms with van der Waals surface area (Å²) < 4.78 is 1.36. The molecule has 0 saturated carbocycles. The lowest BCUT2D eigenvalue weighted by molar-refractivity contribution is 0.0696. The first-order chi connectivity index (χ1) is 10.3. The van der Waals surface area contributed by atoms with Gasteiger partial charge in [0.1, 0.15) is 5.69 Å². The number of benzene rings is 1. The van der Waals surface area contributed by atoms with Crippen molar-refractivity contribution in [2.75, 3.05) is 0 Å². The van der Waals surface area contributed by atoms with Crippen molar-refractivity contribution in [3.8, 4) is 5.69 Å². The quantitative estimate of drug-likeness (QED) is 0.759. The Morgan fingerprint density at radius 3 is 2.09 bits per heavy atom. The predicted molar refractivity (Wildman–Crippen MR) is 75.3 cm³/mol. The molecule has 0 aliphatic rings. The van der Waals surface area contributed by atoms with Gasteiger partial charge in [-0.1, -0.05) is 19.1 Å². The van der Waals surface area contributed by atoms with Crippen LogP contribution in [0.15, 0.2) is 18.2 Å². The van der Waals surface area contributed by atoms with Crippen molar-refractivity contribution in [2.24, 2.45) is 0 Å². The van der Waals surface area contributed by atoms with Crippen molar-refractivity contribution in [3.05, 3.63) is 40.7 Å². The lowest BCUT2D eigenvalue weighted by atomic mass is 10.1. The predicted octanol–water partition coefficient (Wildman–Crippen LogP) is 1.28. The van der Waals surface area contributed by atoms with Gasteiger partial charge in [-0.3, -0.25) is 0 Å². The smallest absolute Gasteiger partial charge is 0.335 e. The summed E-state index contributed by atoms with van der Waals surface area (Å²) in [7, 11) is 0. The second kappa shape index (κ2) is 5.94. The van der Waals surface area contributed by atoms with E-state index < -0.39 is 11.9 Å². The first kappa shape index (κ1) is 15.6. The Morgan fingerprint density at radius 1 is 1.14 bits per heavy atom. The normalized spacial score (nSPS) is 10.9. The monoisotopic (exact) mass is 305 g/mol. The number of hydrogen-bond donors (Lipinski definition) is 3. The molecule has 22 heavy (non-hydrogen) atoms. The van der Waals surface area contributed by atoms with Crippen LogP contribution in [0.3, 0.4) is 0 Å². The van der Waals surface area contributed by atoms with E-state index in [0.29, 0.717) is 11.4 Å². The van der Waals surface area contributed by atoms with Crippen molar-refractivity contribution in [2.45, 2.75) is 26.4 Å². The molecule has 2 rings (SSSR count). The molecule has 0 unspecified atom stereocenters. The third-order valence-corrected chi connectivity index (χ3v) is 3.13. The highest BCUT2D eigenvalue weighted by atomic mass is 16.4. The molecule has 1 heterocycles. The molecule has 0 aliphatic carbocycles. The van der Waals surface area contributed by atoms with Crippen LogP contribution in [0.25, 0.3) is 5.69 Å². The van der Waals surface area contributed by atoms with E-state index in [0.717, 1.165) is 6.07 Å². The molecule has 0 radical (unpaired) electrons. The molecule has 116 valence electrons. The minimum absolute atomic E-state index is 0.0427. The van der Waals surface area contributed by atoms with Crippen LogP contribution in [0.1, 0.15) is 51.9 Å². The SMILES string of the molecule is CC(C)c1c(CO)nnn1-c1cc(C(=O)O)cc(C(=O)O)c1. The second-order valence-corrected chi connectivity index (χ2v) is 5.02. The molecule has 0 saturated heterocycles. The van der Waals surface area contributed by atoms with Crippen LogP contribution >= 0.6 is 0 Å². The number of nitrogens with zero attached hydrogens (tertiary/aromatic N) is 3. The van der Waals surface area contributed by atoms with E-state index in [4.69, 9.17) is 10.2 Å². The first-order valence-electron chi connectivity index (χ1n) is 6.52. The number of aromatic nitrogens is 3. The summed E-state index contributed by atoms with van der Waals surface area (Å²) in [6.45, 7) is 3.43. The summed E-state index contributed by atoms with van der Waals surface area (Å²) in [5.74, 6) is -2.52. The van der Waals surface area contributed by atoms with Gasteiger partial charge < -0.3 is 15.3 Å². The molecule has 8 nitrogen and oxygen atoms in total.